The molecule has 252 valence electrons. The van der Waals surface area contributed by atoms with Gasteiger partial charge in [-0.05, 0) is 119 Å². The molecule has 0 spiro atoms. The number of nitrogens with zero attached hydrogens (tertiary/aromatic N) is 2. The normalized spacial score (nSPS) is 16.8. The average Bonchev–Trinajstić information content (AvgIpc) is 3.77. The number of benzene rings is 7. The summed E-state index contributed by atoms with van der Waals surface area (Å²) >= 11 is 0. The molecule has 0 radical (unpaired) electrons. The van der Waals surface area contributed by atoms with Gasteiger partial charge >= 0.3 is 0 Å². The molecule has 2 aliphatic carbocycles. The first-order chi connectivity index (χ1) is 27.6. The summed E-state index contributed by atoms with van der Waals surface area (Å²) in [4.78, 5) is 2.24. The fourth-order valence-corrected chi connectivity index (χ4v) is 9.27. The third-order valence-electron chi connectivity index (χ3n) is 11.6. The maximum absolute atomic E-state index is 8.89. The van der Waals surface area contributed by atoms with Crippen LogP contribution >= 0.6 is 0 Å². The average molecular weight is 677 g/mol. The Kier molecular flexibility index (Phi) is 5.24. The number of anilines is 3. The zero-order chi connectivity index (χ0) is 40.5. The predicted molar refractivity (Wildman–Crippen MR) is 220 cm³/mol. The van der Waals surface area contributed by atoms with Gasteiger partial charge in [0.2, 0.25) is 0 Å². The van der Waals surface area contributed by atoms with E-state index < -0.39 is 19.1 Å². The lowest BCUT2D eigenvalue weighted by Crippen LogP contribution is -2.17. The predicted octanol–water partition coefficient (Wildman–Crippen LogP) is 13.5. The van der Waals surface area contributed by atoms with Crippen LogP contribution in [0, 0.1) is 13.8 Å². The van der Waals surface area contributed by atoms with Crippen LogP contribution in [-0.4, -0.2) is 4.57 Å². The van der Waals surface area contributed by atoms with Gasteiger partial charge in [0.1, 0.15) is 0 Å². The van der Waals surface area contributed by atoms with Gasteiger partial charge in [-0.15, -0.1) is 0 Å². The number of aromatic nitrogens is 1. The van der Waals surface area contributed by atoms with Crippen LogP contribution in [0.25, 0.3) is 49.7 Å². The highest BCUT2D eigenvalue weighted by Crippen LogP contribution is 2.54. The summed E-state index contributed by atoms with van der Waals surface area (Å²) in [6.07, 6.45) is 0. The van der Waals surface area contributed by atoms with Crippen molar-refractivity contribution in [1.29, 1.82) is 0 Å². The van der Waals surface area contributed by atoms with Crippen molar-refractivity contribution in [2.75, 3.05) is 4.90 Å². The van der Waals surface area contributed by atoms with Crippen molar-refractivity contribution in [3.63, 3.8) is 0 Å². The molecule has 0 unspecified atom stereocenters. The Morgan fingerprint density at radius 2 is 1.15 bits per heavy atom. The van der Waals surface area contributed by atoms with Gasteiger partial charge in [-0.1, -0.05) is 124 Å². The third-order valence-corrected chi connectivity index (χ3v) is 11.6. The van der Waals surface area contributed by atoms with Crippen LogP contribution in [0.15, 0.2) is 146 Å². The highest BCUT2D eigenvalue weighted by atomic mass is 15.1. The number of fused-ring (bicyclic) bond motifs is 9. The quantitative estimate of drug-likeness (QED) is 0.180. The Morgan fingerprint density at radius 3 is 2.00 bits per heavy atom. The van der Waals surface area contributed by atoms with Crippen molar-refractivity contribution in [2.45, 2.75) is 52.2 Å². The van der Waals surface area contributed by atoms with E-state index in [0.29, 0.717) is 27.8 Å². The first-order valence-electron chi connectivity index (χ1n) is 21.0. The zero-order valence-corrected chi connectivity index (χ0v) is 29.8. The largest absolute Gasteiger partial charge is 0.310 e. The van der Waals surface area contributed by atoms with Gasteiger partial charge in [0.05, 0.1) is 11.0 Å². The second-order valence-electron chi connectivity index (χ2n) is 15.1. The molecule has 0 fully saturated rings. The molecule has 7 aromatic carbocycles. The van der Waals surface area contributed by atoms with E-state index in [1.165, 1.54) is 22.3 Å². The van der Waals surface area contributed by atoms with Crippen LogP contribution < -0.4 is 4.90 Å². The molecule has 1 heterocycles. The van der Waals surface area contributed by atoms with E-state index in [1.54, 1.807) is 6.07 Å². The maximum atomic E-state index is 8.89. The number of para-hydroxylation sites is 2. The van der Waals surface area contributed by atoms with Crippen molar-refractivity contribution in [3.8, 4) is 27.9 Å². The van der Waals surface area contributed by atoms with Crippen LogP contribution in [0.1, 0.15) is 69.2 Å². The standard InChI is InChI=1S/C50H42N2/c1-31-26-32(2)48-42(27-31)41-28-34(22-25-44(41)50(48,5)6)51(35-20-23-38-37-16-10-12-18-43(37)49(3,4)45(38)29-35)36-21-24-40-39-17-11-13-19-46(39)52(47(40)30-36)33-14-8-7-9-15-33/h7-30H,1-6H3/i5D3,6D3. The Bertz CT molecular complexity index is 2970. The first-order valence-corrected chi connectivity index (χ1v) is 18.0. The minimum atomic E-state index is -2.85. The van der Waals surface area contributed by atoms with Crippen molar-refractivity contribution in [3.05, 3.63) is 179 Å². The van der Waals surface area contributed by atoms with Gasteiger partial charge in [0, 0.05) is 52.6 Å². The van der Waals surface area contributed by atoms with Gasteiger partial charge < -0.3 is 9.47 Å². The van der Waals surface area contributed by atoms with Gasteiger partial charge in [-0.2, -0.15) is 0 Å². The Labute approximate surface area is 315 Å². The van der Waals surface area contributed by atoms with E-state index in [4.69, 9.17) is 8.22 Å². The molecule has 1 aromatic heterocycles. The third kappa shape index (κ3) is 4.24. The van der Waals surface area contributed by atoms with Crippen LogP contribution in [0.2, 0.25) is 0 Å². The molecule has 0 aliphatic heterocycles. The fraction of sp³-hybridized carbons (Fsp3) is 0.160. The van der Waals surface area contributed by atoms with E-state index in [0.717, 1.165) is 50.1 Å². The van der Waals surface area contributed by atoms with Gasteiger partial charge in [0.15, 0.2) is 0 Å². The lowest BCUT2D eigenvalue weighted by atomic mass is 9.80. The van der Waals surface area contributed by atoms with Crippen LogP contribution in [0.4, 0.5) is 17.1 Å². The first kappa shape index (κ1) is 25.2. The minimum absolute atomic E-state index is 0.248. The summed E-state index contributed by atoms with van der Waals surface area (Å²) in [7, 11) is 0. The summed E-state index contributed by atoms with van der Waals surface area (Å²) in [6.45, 7) is 2.65. The summed E-state index contributed by atoms with van der Waals surface area (Å²) in [5.41, 5.74) is 11.9. The molecule has 0 amide bonds. The highest BCUT2D eigenvalue weighted by molar-refractivity contribution is 6.10. The number of aryl methyl sites for hydroxylation is 2. The molecule has 0 bridgehead atoms. The molecule has 10 rings (SSSR count). The van der Waals surface area contributed by atoms with Crippen molar-refractivity contribution in [1.82, 2.24) is 4.57 Å². The lowest BCUT2D eigenvalue weighted by Gasteiger charge is -2.29. The molecule has 0 atom stereocenters. The highest BCUT2D eigenvalue weighted by Gasteiger charge is 2.38. The van der Waals surface area contributed by atoms with E-state index in [2.05, 4.69) is 133 Å². The van der Waals surface area contributed by atoms with Crippen LogP contribution in [-0.2, 0) is 10.8 Å². The summed E-state index contributed by atoms with van der Waals surface area (Å²) in [5, 5.41) is 2.28. The van der Waals surface area contributed by atoms with Crippen LogP contribution in [0.3, 0.4) is 0 Å². The van der Waals surface area contributed by atoms with E-state index in [-0.39, 0.29) is 5.41 Å². The summed E-state index contributed by atoms with van der Waals surface area (Å²) < 4.78 is 55.6. The molecule has 2 nitrogen and oxygen atoms in total. The Hall–Kier alpha value is -5.86. The second-order valence-corrected chi connectivity index (χ2v) is 15.1. The van der Waals surface area contributed by atoms with Crippen LogP contribution in [0.5, 0.6) is 0 Å². The van der Waals surface area contributed by atoms with E-state index in [9.17, 15) is 0 Å². The molecule has 8 aromatic rings. The molecule has 0 N–H and O–H groups in total. The zero-order valence-electron chi connectivity index (χ0n) is 35.8. The maximum Gasteiger partial charge on any atom is 0.0561 e. The molecule has 2 aliphatic rings. The second kappa shape index (κ2) is 10.8. The monoisotopic (exact) mass is 676 g/mol. The summed E-state index contributed by atoms with van der Waals surface area (Å²) in [6, 6.07) is 50.2. The fourth-order valence-electron chi connectivity index (χ4n) is 9.27. The summed E-state index contributed by atoms with van der Waals surface area (Å²) in [5.74, 6) is 0. The number of rotatable bonds is 4. The Balaban J connectivity index is 1.26. The van der Waals surface area contributed by atoms with E-state index in [1.807, 2.05) is 44.2 Å². The molecule has 52 heavy (non-hydrogen) atoms. The minimum Gasteiger partial charge on any atom is -0.310 e. The van der Waals surface area contributed by atoms with Gasteiger partial charge in [-0.3, -0.25) is 0 Å². The Morgan fingerprint density at radius 1 is 0.500 bits per heavy atom. The topological polar surface area (TPSA) is 8.17 Å². The van der Waals surface area contributed by atoms with Crippen molar-refractivity contribution in [2.24, 2.45) is 0 Å². The van der Waals surface area contributed by atoms with Gasteiger partial charge in [0.25, 0.3) is 0 Å². The van der Waals surface area contributed by atoms with Crippen molar-refractivity contribution >= 4 is 38.9 Å². The molecular formula is C50H42N2. The molecular weight excluding hydrogens is 629 g/mol. The smallest absolute Gasteiger partial charge is 0.0561 e. The van der Waals surface area contributed by atoms with Crippen molar-refractivity contribution < 1.29 is 8.22 Å². The lowest BCUT2D eigenvalue weighted by molar-refractivity contribution is 0.655. The van der Waals surface area contributed by atoms with E-state index >= 15 is 0 Å². The number of hydrogen-bond acceptors (Lipinski definition) is 1. The van der Waals surface area contributed by atoms with Gasteiger partial charge in [-0.25, -0.2) is 0 Å². The molecule has 0 saturated heterocycles. The molecule has 2 heteroatoms. The molecule has 0 saturated carbocycles. The number of hydrogen-bond donors (Lipinski definition) is 0. The SMILES string of the molecule is [2H]C([2H])([2H])C1(C([2H])([2H])[2H])c2ccc(N(c3ccc4c(c3)C(C)(C)c3ccccc3-4)c3ccc4c5ccccc5n(-c5ccccc5)c4c3)cc2-c2cc(C)cc(C)c21.